The van der Waals surface area contributed by atoms with Gasteiger partial charge in [-0.1, -0.05) is 54.1 Å². The van der Waals surface area contributed by atoms with Crippen molar-refractivity contribution in [3.8, 4) is 0 Å². The Morgan fingerprint density at radius 2 is 1.70 bits per heavy atom. The molecule has 2 nitrogen and oxygen atoms in total. The molecule has 0 aliphatic heterocycles. The van der Waals surface area contributed by atoms with Crippen molar-refractivity contribution in [2.75, 3.05) is 6.54 Å². The van der Waals surface area contributed by atoms with Gasteiger partial charge >= 0.3 is 0 Å². The third kappa shape index (κ3) is 4.26. The molecule has 2 rings (SSSR count). The SMILES string of the molecule is O=C(NCCc1ccc(Cl)cc1)C(Cl)c1ccccc1. The van der Waals surface area contributed by atoms with Crippen molar-refractivity contribution in [3.63, 3.8) is 0 Å². The highest BCUT2D eigenvalue weighted by Crippen LogP contribution is 2.19. The van der Waals surface area contributed by atoms with Crippen molar-refractivity contribution >= 4 is 29.1 Å². The van der Waals surface area contributed by atoms with Crippen molar-refractivity contribution in [2.45, 2.75) is 11.8 Å². The first-order valence-electron chi connectivity index (χ1n) is 6.38. The zero-order valence-corrected chi connectivity index (χ0v) is 12.4. The highest BCUT2D eigenvalue weighted by atomic mass is 35.5. The Kier molecular flexibility index (Phi) is 5.45. The van der Waals surface area contributed by atoms with Gasteiger partial charge in [0.05, 0.1) is 0 Å². The maximum atomic E-state index is 11.9. The van der Waals surface area contributed by atoms with Gasteiger partial charge in [-0.3, -0.25) is 4.79 Å². The van der Waals surface area contributed by atoms with Crippen LogP contribution in [0.15, 0.2) is 54.6 Å². The molecule has 0 aliphatic carbocycles. The summed E-state index contributed by atoms with van der Waals surface area (Å²) in [6.45, 7) is 0.552. The fourth-order valence-electron chi connectivity index (χ4n) is 1.84. The van der Waals surface area contributed by atoms with Gasteiger partial charge in [-0.25, -0.2) is 0 Å². The van der Waals surface area contributed by atoms with Crippen LogP contribution >= 0.6 is 23.2 Å². The Hall–Kier alpha value is -1.51. The van der Waals surface area contributed by atoms with Gasteiger partial charge in [0.1, 0.15) is 5.38 Å². The minimum atomic E-state index is -0.651. The lowest BCUT2D eigenvalue weighted by Crippen LogP contribution is -2.28. The van der Waals surface area contributed by atoms with E-state index in [0.29, 0.717) is 11.6 Å². The fraction of sp³-hybridized carbons (Fsp3) is 0.188. The molecule has 0 radical (unpaired) electrons. The van der Waals surface area contributed by atoms with Crippen LogP contribution in [0.5, 0.6) is 0 Å². The van der Waals surface area contributed by atoms with E-state index in [9.17, 15) is 4.79 Å². The summed E-state index contributed by atoms with van der Waals surface area (Å²) in [6.07, 6.45) is 0.751. The number of hydrogen-bond donors (Lipinski definition) is 1. The number of benzene rings is 2. The molecule has 0 aromatic heterocycles. The molecule has 1 amide bonds. The van der Waals surface area contributed by atoms with Crippen molar-refractivity contribution in [2.24, 2.45) is 0 Å². The summed E-state index contributed by atoms with van der Waals surface area (Å²) in [5, 5.41) is 2.90. The van der Waals surface area contributed by atoms with Crippen molar-refractivity contribution < 1.29 is 4.79 Å². The van der Waals surface area contributed by atoms with Crippen LogP contribution in [0.1, 0.15) is 16.5 Å². The Balaban J connectivity index is 1.82. The van der Waals surface area contributed by atoms with E-state index in [1.54, 1.807) is 0 Å². The average Bonchev–Trinajstić information content (AvgIpc) is 2.49. The summed E-state index contributed by atoms with van der Waals surface area (Å²) in [7, 11) is 0. The molecule has 0 saturated carbocycles. The maximum Gasteiger partial charge on any atom is 0.242 e. The lowest BCUT2D eigenvalue weighted by Gasteiger charge is -2.10. The number of nitrogens with one attached hydrogen (secondary N) is 1. The van der Waals surface area contributed by atoms with Crippen molar-refractivity contribution in [3.05, 3.63) is 70.7 Å². The van der Waals surface area contributed by atoms with Crippen LogP contribution < -0.4 is 5.32 Å². The summed E-state index contributed by atoms with van der Waals surface area (Å²) in [5.41, 5.74) is 1.93. The van der Waals surface area contributed by atoms with Gasteiger partial charge in [0.25, 0.3) is 0 Å². The first-order chi connectivity index (χ1) is 9.66. The average molecular weight is 308 g/mol. The van der Waals surface area contributed by atoms with Crippen LogP contribution in [0, 0.1) is 0 Å². The summed E-state index contributed by atoms with van der Waals surface area (Å²) in [5.74, 6) is -0.174. The second-order valence-electron chi connectivity index (χ2n) is 4.44. The summed E-state index contributed by atoms with van der Waals surface area (Å²) in [4.78, 5) is 11.9. The molecule has 104 valence electrons. The Labute approximate surface area is 128 Å². The molecule has 4 heteroatoms. The second kappa shape index (κ2) is 7.32. The number of halogens is 2. The highest BCUT2D eigenvalue weighted by Gasteiger charge is 2.16. The van der Waals surface area contributed by atoms with Gasteiger partial charge in [-0.2, -0.15) is 0 Å². The summed E-state index contributed by atoms with van der Waals surface area (Å²) >= 11 is 11.9. The molecule has 1 unspecified atom stereocenters. The van der Waals surface area contributed by atoms with E-state index in [1.165, 1.54) is 0 Å². The zero-order chi connectivity index (χ0) is 14.4. The van der Waals surface area contributed by atoms with Crippen molar-refractivity contribution in [1.82, 2.24) is 5.32 Å². The predicted molar refractivity (Wildman–Crippen MR) is 83.2 cm³/mol. The lowest BCUT2D eigenvalue weighted by molar-refractivity contribution is -0.120. The van der Waals surface area contributed by atoms with E-state index >= 15 is 0 Å². The van der Waals surface area contributed by atoms with Gasteiger partial charge < -0.3 is 5.32 Å². The largest absolute Gasteiger partial charge is 0.354 e. The van der Waals surface area contributed by atoms with Gasteiger partial charge in [0, 0.05) is 11.6 Å². The smallest absolute Gasteiger partial charge is 0.242 e. The van der Waals surface area contributed by atoms with E-state index in [-0.39, 0.29) is 5.91 Å². The Morgan fingerprint density at radius 1 is 1.05 bits per heavy atom. The van der Waals surface area contributed by atoms with Crippen LogP contribution in [-0.2, 0) is 11.2 Å². The molecule has 20 heavy (non-hydrogen) atoms. The van der Waals surface area contributed by atoms with Gasteiger partial charge in [0.2, 0.25) is 5.91 Å². The number of carbonyl (C=O) groups is 1. The second-order valence-corrected chi connectivity index (χ2v) is 5.31. The van der Waals surface area contributed by atoms with Crippen LogP contribution in [0.2, 0.25) is 5.02 Å². The molecule has 1 atom stereocenters. The first-order valence-corrected chi connectivity index (χ1v) is 7.19. The van der Waals surface area contributed by atoms with Crippen LogP contribution in [0.4, 0.5) is 0 Å². The van der Waals surface area contributed by atoms with Crippen LogP contribution in [-0.4, -0.2) is 12.5 Å². The fourth-order valence-corrected chi connectivity index (χ4v) is 2.19. The molecule has 0 aliphatic rings. The molecule has 2 aromatic rings. The minimum Gasteiger partial charge on any atom is -0.354 e. The quantitative estimate of drug-likeness (QED) is 0.832. The molecule has 1 N–H and O–H groups in total. The minimum absolute atomic E-state index is 0.174. The van der Waals surface area contributed by atoms with E-state index in [1.807, 2.05) is 54.6 Å². The molecule has 2 aromatic carbocycles. The molecule has 0 bridgehead atoms. The maximum absolute atomic E-state index is 11.9. The summed E-state index contributed by atoms with van der Waals surface area (Å²) in [6, 6.07) is 16.9. The third-order valence-electron chi connectivity index (χ3n) is 2.95. The predicted octanol–water partition coefficient (Wildman–Crippen LogP) is 3.98. The van der Waals surface area contributed by atoms with E-state index in [2.05, 4.69) is 5.32 Å². The summed E-state index contributed by atoms with van der Waals surface area (Å²) < 4.78 is 0. The highest BCUT2D eigenvalue weighted by molar-refractivity contribution is 6.31. The standard InChI is InChI=1S/C16H15Cl2NO/c17-14-8-6-12(7-9-14)10-11-19-16(20)15(18)13-4-2-1-3-5-13/h1-9,15H,10-11H2,(H,19,20). The number of rotatable bonds is 5. The number of hydrogen-bond acceptors (Lipinski definition) is 1. The Morgan fingerprint density at radius 3 is 2.35 bits per heavy atom. The zero-order valence-electron chi connectivity index (χ0n) is 10.9. The molecule has 0 heterocycles. The molecular weight excluding hydrogens is 293 g/mol. The van der Waals surface area contributed by atoms with Gasteiger partial charge in [-0.15, -0.1) is 11.6 Å². The number of carbonyl (C=O) groups excluding carboxylic acids is 1. The molecule has 0 fully saturated rings. The Bertz CT molecular complexity index is 554. The van der Waals surface area contributed by atoms with Gasteiger partial charge in [0.15, 0.2) is 0 Å². The first kappa shape index (κ1) is 14.9. The van der Waals surface area contributed by atoms with Crippen LogP contribution in [0.25, 0.3) is 0 Å². The van der Waals surface area contributed by atoms with E-state index < -0.39 is 5.38 Å². The van der Waals surface area contributed by atoms with Gasteiger partial charge in [-0.05, 0) is 29.7 Å². The monoisotopic (exact) mass is 307 g/mol. The molecule has 0 spiro atoms. The van der Waals surface area contributed by atoms with Crippen molar-refractivity contribution in [1.29, 1.82) is 0 Å². The van der Waals surface area contributed by atoms with Crippen LogP contribution in [0.3, 0.4) is 0 Å². The third-order valence-corrected chi connectivity index (χ3v) is 3.65. The van der Waals surface area contributed by atoms with E-state index in [4.69, 9.17) is 23.2 Å². The molecule has 0 saturated heterocycles. The van der Waals surface area contributed by atoms with E-state index in [0.717, 1.165) is 17.5 Å². The molecular formula is C16H15Cl2NO. The topological polar surface area (TPSA) is 29.1 Å². The lowest BCUT2D eigenvalue weighted by atomic mass is 10.1. The normalized spacial score (nSPS) is 11.9. The number of alkyl halides is 1. The number of amides is 1.